The van der Waals surface area contributed by atoms with Crippen LogP contribution < -0.4 is 4.74 Å². The zero-order valence-corrected chi connectivity index (χ0v) is 9.54. The van der Waals surface area contributed by atoms with Gasteiger partial charge in [-0.15, -0.1) is 0 Å². The predicted octanol–water partition coefficient (Wildman–Crippen LogP) is 3.69. The average Bonchev–Trinajstić information content (AvgIpc) is 2.28. The molecular weight excluding hydrogens is 210 g/mol. The topological polar surface area (TPSA) is 22.1 Å². The quantitative estimate of drug-likeness (QED) is 0.732. The Kier molecular flexibility index (Phi) is 3.84. The van der Waals surface area contributed by atoms with E-state index in [1.54, 1.807) is 12.3 Å². The van der Waals surface area contributed by atoms with Crippen LogP contribution in [0.4, 0.5) is 0 Å². The van der Waals surface area contributed by atoms with Crippen molar-refractivity contribution >= 4 is 11.6 Å². The van der Waals surface area contributed by atoms with Crippen LogP contribution in [0.15, 0.2) is 18.3 Å². The summed E-state index contributed by atoms with van der Waals surface area (Å²) in [5.74, 6) is 1.56. The van der Waals surface area contributed by atoms with Gasteiger partial charge in [0.05, 0.1) is 6.61 Å². The van der Waals surface area contributed by atoms with Gasteiger partial charge in [-0.25, -0.2) is 4.98 Å². The van der Waals surface area contributed by atoms with Crippen molar-refractivity contribution in [3.05, 3.63) is 23.5 Å². The van der Waals surface area contributed by atoms with Crippen LogP contribution in [0.25, 0.3) is 0 Å². The second-order valence-corrected chi connectivity index (χ2v) is 4.52. The Bertz CT molecular complexity index is 310. The van der Waals surface area contributed by atoms with Crippen LogP contribution in [0.1, 0.15) is 32.1 Å². The van der Waals surface area contributed by atoms with Gasteiger partial charge in [-0.2, -0.15) is 0 Å². The second-order valence-electron chi connectivity index (χ2n) is 4.13. The number of ether oxygens (including phenoxy) is 1. The lowest BCUT2D eigenvalue weighted by Gasteiger charge is -2.21. The van der Waals surface area contributed by atoms with Gasteiger partial charge < -0.3 is 4.74 Å². The Labute approximate surface area is 95.6 Å². The summed E-state index contributed by atoms with van der Waals surface area (Å²) in [6.45, 7) is 0.820. The van der Waals surface area contributed by atoms with Crippen molar-refractivity contribution in [3.63, 3.8) is 0 Å². The molecule has 1 fully saturated rings. The first-order chi connectivity index (χ1) is 7.34. The van der Waals surface area contributed by atoms with Crippen molar-refractivity contribution in [2.75, 3.05) is 6.61 Å². The molecule has 1 aromatic heterocycles. The molecule has 15 heavy (non-hydrogen) atoms. The molecule has 1 saturated carbocycles. The van der Waals surface area contributed by atoms with E-state index in [1.165, 1.54) is 32.1 Å². The zero-order chi connectivity index (χ0) is 10.5. The number of nitrogens with zero attached hydrogens (tertiary/aromatic N) is 1. The fourth-order valence-electron chi connectivity index (χ4n) is 2.04. The molecule has 1 heterocycles. The number of rotatable bonds is 3. The lowest BCUT2D eigenvalue weighted by molar-refractivity contribution is 0.208. The molecule has 0 atom stereocenters. The van der Waals surface area contributed by atoms with Gasteiger partial charge in [0.25, 0.3) is 0 Å². The Morgan fingerprint density at radius 2 is 2.13 bits per heavy atom. The van der Waals surface area contributed by atoms with E-state index in [4.69, 9.17) is 16.3 Å². The van der Waals surface area contributed by atoms with Crippen LogP contribution in [0.5, 0.6) is 5.75 Å². The van der Waals surface area contributed by atoms with Crippen LogP contribution in [-0.2, 0) is 0 Å². The third kappa shape index (κ3) is 3.38. The number of hydrogen-bond donors (Lipinski definition) is 0. The molecule has 0 unspecified atom stereocenters. The fourth-order valence-corrected chi connectivity index (χ4v) is 2.21. The molecule has 0 amide bonds. The molecule has 1 aliphatic carbocycles. The smallest absolute Gasteiger partial charge is 0.132 e. The molecule has 0 saturated heterocycles. The van der Waals surface area contributed by atoms with E-state index in [1.807, 2.05) is 6.07 Å². The van der Waals surface area contributed by atoms with Crippen LogP contribution in [0.3, 0.4) is 0 Å². The summed E-state index contributed by atoms with van der Waals surface area (Å²) in [7, 11) is 0. The number of aromatic nitrogens is 1. The molecule has 2 rings (SSSR count). The van der Waals surface area contributed by atoms with Crippen molar-refractivity contribution in [3.8, 4) is 5.75 Å². The standard InChI is InChI=1S/C12H16ClNO/c13-12-8-11(6-7-14-12)15-9-10-4-2-1-3-5-10/h6-8,10H,1-5,9H2. The lowest BCUT2D eigenvalue weighted by atomic mass is 9.90. The molecule has 0 aromatic carbocycles. The van der Waals surface area contributed by atoms with E-state index in [-0.39, 0.29) is 0 Å². The molecular formula is C12H16ClNO. The Hall–Kier alpha value is -0.760. The molecule has 0 radical (unpaired) electrons. The lowest BCUT2D eigenvalue weighted by Crippen LogP contribution is -2.15. The van der Waals surface area contributed by atoms with Crippen molar-refractivity contribution < 1.29 is 4.74 Å². The second kappa shape index (κ2) is 5.36. The summed E-state index contributed by atoms with van der Waals surface area (Å²) in [5, 5.41) is 0.496. The normalized spacial score (nSPS) is 17.7. The summed E-state index contributed by atoms with van der Waals surface area (Å²) < 4.78 is 5.70. The minimum Gasteiger partial charge on any atom is -0.493 e. The van der Waals surface area contributed by atoms with Crippen LogP contribution in [-0.4, -0.2) is 11.6 Å². The van der Waals surface area contributed by atoms with E-state index in [0.29, 0.717) is 5.15 Å². The van der Waals surface area contributed by atoms with Gasteiger partial charge in [0.2, 0.25) is 0 Å². The van der Waals surface area contributed by atoms with Gasteiger partial charge in [-0.1, -0.05) is 30.9 Å². The van der Waals surface area contributed by atoms with Crippen LogP contribution >= 0.6 is 11.6 Å². The summed E-state index contributed by atoms with van der Waals surface area (Å²) in [6, 6.07) is 3.62. The maximum Gasteiger partial charge on any atom is 0.132 e. The molecule has 3 heteroatoms. The Morgan fingerprint density at radius 1 is 1.33 bits per heavy atom. The summed E-state index contributed by atoms with van der Waals surface area (Å²) in [6.07, 6.45) is 8.38. The first-order valence-corrected chi connectivity index (χ1v) is 5.97. The van der Waals surface area contributed by atoms with Gasteiger partial charge in [0, 0.05) is 12.3 Å². The van der Waals surface area contributed by atoms with E-state index >= 15 is 0 Å². The first kappa shape index (κ1) is 10.7. The van der Waals surface area contributed by atoms with Gasteiger partial charge in [0.1, 0.15) is 10.9 Å². The third-order valence-corrected chi connectivity index (χ3v) is 3.12. The van der Waals surface area contributed by atoms with E-state index in [9.17, 15) is 0 Å². The molecule has 1 aromatic rings. The maximum atomic E-state index is 5.78. The van der Waals surface area contributed by atoms with Crippen LogP contribution in [0.2, 0.25) is 5.15 Å². The summed E-state index contributed by atoms with van der Waals surface area (Å²) in [5.41, 5.74) is 0. The summed E-state index contributed by atoms with van der Waals surface area (Å²) in [4.78, 5) is 3.92. The summed E-state index contributed by atoms with van der Waals surface area (Å²) >= 11 is 5.78. The first-order valence-electron chi connectivity index (χ1n) is 5.59. The Morgan fingerprint density at radius 3 is 2.87 bits per heavy atom. The molecule has 0 bridgehead atoms. The SMILES string of the molecule is Clc1cc(OCC2CCCCC2)ccn1. The average molecular weight is 226 g/mol. The zero-order valence-electron chi connectivity index (χ0n) is 8.79. The minimum absolute atomic E-state index is 0.496. The largest absolute Gasteiger partial charge is 0.493 e. The maximum absolute atomic E-state index is 5.78. The molecule has 0 spiro atoms. The van der Waals surface area contributed by atoms with Gasteiger partial charge in [-0.05, 0) is 24.8 Å². The highest BCUT2D eigenvalue weighted by atomic mass is 35.5. The highest BCUT2D eigenvalue weighted by Crippen LogP contribution is 2.24. The van der Waals surface area contributed by atoms with Crippen molar-refractivity contribution in [2.45, 2.75) is 32.1 Å². The highest BCUT2D eigenvalue weighted by molar-refractivity contribution is 6.29. The highest BCUT2D eigenvalue weighted by Gasteiger charge is 2.13. The van der Waals surface area contributed by atoms with Crippen LogP contribution in [0, 0.1) is 5.92 Å². The number of halogens is 1. The predicted molar refractivity (Wildman–Crippen MR) is 61.3 cm³/mol. The Balaban J connectivity index is 1.81. The number of pyridine rings is 1. The third-order valence-electron chi connectivity index (χ3n) is 2.91. The van der Waals surface area contributed by atoms with E-state index < -0.39 is 0 Å². The van der Waals surface area contributed by atoms with Crippen molar-refractivity contribution in [1.29, 1.82) is 0 Å². The molecule has 82 valence electrons. The van der Waals surface area contributed by atoms with Gasteiger partial charge >= 0.3 is 0 Å². The van der Waals surface area contributed by atoms with Crippen molar-refractivity contribution in [1.82, 2.24) is 4.98 Å². The number of hydrogen-bond acceptors (Lipinski definition) is 2. The molecule has 0 N–H and O–H groups in total. The molecule has 2 nitrogen and oxygen atoms in total. The van der Waals surface area contributed by atoms with Gasteiger partial charge in [-0.3, -0.25) is 0 Å². The fraction of sp³-hybridized carbons (Fsp3) is 0.583. The van der Waals surface area contributed by atoms with E-state index in [2.05, 4.69) is 4.98 Å². The van der Waals surface area contributed by atoms with E-state index in [0.717, 1.165) is 18.3 Å². The minimum atomic E-state index is 0.496. The van der Waals surface area contributed by atoms with Gasteiger partial charge in [0.15, 0.2) is 0 Å². The molecule has 1 aliphatic rings. The van der Waals surface area contributed by atoms with Crippen molar-refractivity contribution in [2.24, 2.45) is 5.92 Å². The monoisotopic (exact) mass is 225 g/mol. The molecule has 0 aliphatic heterocycles.